The molecule has 0 spiro atoms. The number of nitrogens with two attached hydrogens (primary N) is 1. The zero-order chi connectivity index (χ0) is 17.6. The molecular weight excluding hydrogens is 322 g/mol. The second-order valence-corrected chi connectivity index (χ2v) is 6.62. The van der Waals surface area contributed by atoms with Gasteiger partial charge in [0.25, 0.3) is 0 Å². The van der Waals surface area contributed by atoms with Crippen LogP contribution in [0.5, 0.6) is 0 Å². The maximum absolute atomic E-state index is 12.0. The lowest BCUT2D eigenvalue weighted by atomic mass is 9.99. The molecule has 2 atom stereocenters. The van der Waals surface area contributed by atoms with Gasteiger partial charge in [-0.2, -0.15) is 0 Å². The average molecular weight is 343 g/mol. The van der Waals surface area contributed by atoms with Crippen molar-refractivity contribution in [3.05, 3.63) is 24.3 Å². The van der Waals surface area contributed by atoms with E-state index in [0.717, 1.165) is 0 Å². The minimum Gasteiger partial charge on any atom is -0.467 e. The van der Waals surface area contributed by atoms with E-state index in [-0.39, 0.29) is 10.8 Å². The highest BCUT2D eigenvalue weighted by molar-refractivity contribution is 7.89. The second-order valence-electron chi connectivity index (χ2n) is 5.05. The molecule has 0 radical (unpaired) electrons. The number of amides is 2. The fourth-order valence-corrected chi connectivity index (χ4v) is 2.35. The third-order valence-corrected chi connectivity index (χ3v) is 4.32. The van der Waals surface area contributed by atoms with Crippen LogP contribution in [0, 0.1) is 5.92 Å². The van der Waals surface area contributed by atoms with Crippen LogP contribution in [0.3, 0.4) is 0 Å². The van der Waals surface area contributed by atoms with Gasteiger partial charge in [-0.05, 0) is 30.2 Å². The Morgan fingerprint density at radius 3 is 2.26 bits per heavy atom. The summed E-state index contributed by atoms with van der Waals surface area (Å²) in [6.07, 6.45) is 0.684. The second kappa shape index (κ2) is 7.93. The molecule has 0 aliphatic carbocycles. The number of primary sulfonamides is 1. The van der Waals surface area contributed by atoms with Crippen molar-refractivity contribution >= 4 is 27.7 Å². The van der Waals surface area contributed by atoms with E-state index in [1.54, 1.807) is 0 Å². The Morgan fingerprint density at radius 1 is 1.26 bits per heavy atom. The number of ether oxygens (including phenoxy) is 1. The number of rotatable bonds is 6. The fraction of sp³-hybridized carbons (Fsp3) is 0.429. The summed E-state index contributed by atoms with van der Waals surface area (Å²) in [4.78, 5) is 23.6. The number of methoxy groups -OCH3 is 1. The van der Waals surface area contributed by atoms with Crippen LogP contribution in [-0.2, 0) is 19.6 Å². The number of hydrogen-bond donors (Lipinski definition) is 3. The topological polar surface area (TPSA) is 128 Å². The minimum atomic E-state index is -3.79. The molecule has 23 heavy (non-hydrogen) atoms. The van der Waals surface area contributed by atoms with Gasteiger partial charge in [-0.1, -0.05) is 20.3 Å². The predicted octanol–water partition coefficient (Wildman–Crippen LogP) is 1.04. The molecule has 0 heterocycles. The largest absolute Gasteiger partial charge is 0.467 e. The smallest absolute Gasteiger partial charge is 0.328 e. The molecule has 0 unspecified atom stereocenters. The standard InChI is InChI=1S/C14H21N3O5S/c1-4-9(2)12(13(18)22-3)17-14(19)16-10-5-7-11(8-6-10)23(15,20)21/h5-9,12H,4H2,1-3H3,(H2,15,20,21)(H2,16,17,19)/t9-,12+/m1/s1. The Labute approximate surface area is 135 Å². The van der Waals surface area contributed by atoms with Crippen molar-refractivity contribution in [3.8, 4) is 0 Å². The highest BCUT2D eigenvalue weighted by Crippen LogP contribution is 2.13. The Hall–Kier alpha value is -2.13. The first kappa shape index (κ1) is 18.9. The van der Waals surface area contributed by atoms with Gasteiger partial charge in [-0.15, -0.1) is 0 Å². The van der Waals surface area contributed by atoms with Crippen molar-refractivity contribution in [2.75, 3.05) is 12.4 Å². The van der Waals surface area contributed by atoms with Gasteiger partial charge in [0.1, 0.15) is 6.04 Å². The van der Waals surface area contributed by atoms with Gasteiger partial charge in [0.2, 0.25) is 10.0 Å². The van der Waals surface area contributed by atoms with Gasteiger partial charge < -0.3 is 15.4 Å². The number of sulfonamides is 1. The van der Waals surface area contributed by atoms with Crippen LogP contribution in [0.15, 0.2) is 29.2 Å². The zero-order valence-corrected chi connectivity index (χ0v) is 14.0. The maximum atomic E-state index is 12.0. The Kier molecular flexibility index (Phi) is 6.52. The molecular formula is C14H21N3O5S. The summed E-state index contributed by atoms with van der Waals surface area (Å²) in [5.74, 6) is -0.628. The molecule has 1 rings (SSSR count). The van der Waals surface area contributed by atoms with Crippen molar-refractivity contribution in [2.45, 2.75) is 31.2 Å². The lowest BCUT2D eigenvalue weighted by molar-refractivity contribution is -0.144. The van der Waals surface area contributed by atoms with Crippen LogP contribution in [0.1, 0.15) is 20.3 Å². The number of nitrogens with one attached hydrogen (secondary N) is 2. The summed E-state index contributed by atoms with van der Waals surface area (Å²) in [5.41, 5.74) is 0.364. The van der Waals surface area contributed by atoms with E-state index >= 15 is 0 Å². The highest BCUT2D eigenvalue weighted by Gasteiger charge is 2.26. The normalized spacial score (nSPS) is 13.7. The van der Waals surface area contributed by atoms with E-state index in [0.29, 0.717) is 12.1 Å². The summed E-state index contributed by atoms with van der Waals surface area (Å²) < 4.78 is 27.0. The number of benzene rings is 1. The van der Waals surface area contributed by atoms with E-state index in [9.17, 15) is 18.0 Å². The molecule has 4 N–H and O–H groups in total. The van der Waals surface area contributed by atoms with Gasteiger partial charge >= 0.3 is 12.0 Å². The van der Waals surface area contributed by atoms with Crippen molar-refractivity contribution in [2.24, 2.45) is 11.1 Å². The monoisotopic (exact) mass is 343 g/mol. The number of urea groups is 1. The summed E-state index contributed by atoms with van der Waals surface area (Å²) in [6.45, 7) is 3.72. The molecule has 8 nitrogen and oxygen atoms in total. The van der Waals surface area contributed by atoms with Crippen molar-refractivity contribution < 1.29 is 22.7 Å². The van der Waals surface area contributed by atoms with Crippen LogP contribution in [0.25, 0.3) is 0 Å². The highest BCUT2D eigenvalue weighted by atomic mass is 32.2. The number of carbonyl (C=O) groups excluding carboxylic acids is 2. The van der Waals surface area contributed by atoms with Crippen LogP contribution in [0.4, 0.5) is 10.5 Å². The van der Waals surface area contributed by atoms with E-state index in [1.165, 1.54) is 31.4 Å². The van der Waals surface area contributed by atoms with Gasteiger partial charge in [0, 0.05) is 5.69 Å². The minimum absolute atomic E-state index is 0.0597. The predicted molar refractivity (Wildman–Crippen MR) is 85.2 cm³/mol. The van der Waals surface area contributed by atoms with Crippen molar-refractivity contribution in [1.29, 1.82) is 0 Å². The molecule has 0 bridgehead atoms. The van der Waals surface area contributed by atoms with E-state index < -0.39 is 28.1 Å². The lowest BCUT2D eigenvalue weighted by Crippen LogP contribution is -2.47. The molecule has 0 saturated carbocycles. The first-order chi connectivity index (χ1) is 10.7. The summed E-state index contributed by atoms with van der Waals surface area (Å²) in [5, 5.41) is 10.1. The molecule has 1 aromatic carbocycles. The fourth-order valence-electron chi connectivity index (χ4n) is 1.83. The summed E-state index contributed by atoms with van der Waals surface area (Å²) in [6, 6.07) is 3.98. The van der Waals surface area contributed by atoms with E-state index in [4.69, 9.17) is 5.14 Å². The van der Waals surface area contributed by atoms with Gasteiger partial charge in [0.05, 0.1) is 12.0 Å². The molecule has 9 heteroatoms. The van der Waals surface area contributed by atoms with Gasteiger partial charge in [-0.3, -0.25) is 0 Å². The Bertz CT molecular complexity index is 657. The molecule has 2 amide bonds. The van der Waals surface area contributed by atoms with Crippen LogP contribution in [0.2, 0.25) is 0 Å². The molecule has 0 aromatic heterocycles. The van der Waals surface area contributed by atoms with Crippen molar-refractivity contribution in [3.63, 3.8) is 0 Å². The quantitative estimate of drug-likeness (QED) is 0.665. The summed E-state index contributed by atoms with van der Waals surface area (Å²) >= 11 is 0. The molecule has 0 saturated heterocycles. The maximum Gasteiger partial charge on any atom is 0.328 e. The molecule has 1 aromatic rings. The SMILES string of the molecule is CC[C@@H](C)[C@H](NC(=O)Nc1ccc(S(N)(=O)=O)cc1)C(=O)OC. The first-order valence-corrected chi connectivity index (χ1v) is 8.51. The van der Waals surface area contributed by atoms with Crippen LogP contribution >= 0.6 is 0 Å². The lowest BCUT2D eigenvalue weighted by Gasteiger charge is -2.22. The van der Waals surface area contributed by atoms with E-state index in [2.05, 4.69) is 15.4 Å². The number of carbonyl (C=O) groups is 2. The first-order valence-electron chi connectivity index (χ1n) is 6.97. The molecule has 128 valence electrons. The van der Waals surface area contributed by atoms with Gasteiger partial charge in [-0.25, -0.2) is 23.1 Å². The third-order valence-electron chi connectivity index (χ3n) is 3.40. The van der Waals surface area contributed by atoms with Crippen LogP contribution in [-0.4, -0.2) is 33.6 Å². The van der Waals surface area contributed by atoms with E-state index in [1.807, 2.05) is 13.8 Å². The average Bonchev–Trinajstić information content (AvgIpc) is 2.50. The number of esters is 1. The van der Waals surface area contributed by atoms with Gasteiger partial charge in [0.15, 0.2) is 0 Å². The third kappa shape index (κ3) is 5.53. The van der Waals surface area contributed by atoms with Crippen molar-refractivity contribution in [1.82, 2.24) is 5.32 Å². The number of anilines is 1. The molecule has 0 fully saturated rings. The van der Waals surface area contributed by atoms with Crippen LogP contribution < -0.4 is 15.8 Å². The zero-order valence-electron chi connectivity index (χ0n) is 13.2. The Morgan fingerprint density at radius 2 is 1.83 bits per heavy atom. The number of hydrogen-bond acceptors (Lipinski definition) is 5. The molecule has 0 aliphatic rings. The Balaban J connectivity index is 2.76. The summed E-state index contributed by atoms with van der Waals surface area (Å²) in [7, 11) is -2.53. The molecule has 0 aliphatic heterocycles.